The largest absolute Gasteiger partial charge is 0.433 e. The molecule has 1 N–H and O–H groups in total. The maximum absolute atomic E-state index is 12.7. The molecular weight excluding hydrogens is 362 g/mol. The lowest BCUT2D eigenvalue weighted by Gasteiger charge is -2.20. The van der Waals surface area contributed by atoms with Crippen molar-refractivity contribution >= 4 is 27.5 Å². The van der Waals surface area contributed by atoms with Crippen LogP contribution in [0.15, 0.2) is 39.6 Å². The van der Waals surface area contributed by atoms with Gasteiger partial charge in [0, 0.05) is 18.8 Å². The SMILES string of the molecule is CCN(CC)S(=O)(=O)c1cc(NC(=O)c2ccc([N+](=O)[O-])o2)ccc1C. The number of carbonyl (C=O) groups is 1. The number of nitrogens with one attached hydrogen (secondary N) is 1. The van der Waals surface area contributed by atoms with Crippen LogP contribution in [0.2, 0.25) is 0 Å². The van der Waals surface area contributed by atoms with Crippen molar-refractivity contribution in [3.8, 4) is 0 Å². The van der Waals surface area contributed by atoms with Gasteiger partial charge in [0.1, 0.15) is 4.92 Å². The van der Waals surface area contributed by atoms with Gasteiger partial charge in [-0.1, -0.05) is 19.9 Å². The molecule has 1 amide bonds. The summed E-state index contributed by atoms with van der Waals surface area (Å²) in [5, 5.41) is 13.1. The Morgan fingerprint density at radius 1 is 1.23 bits per heavy atom. The minimum absolute atomic E-state index is 0.0874. The summed E-state index contributed by atoms with van der Waals surface area (Å²) in [5.41, 5.74) is 0.786. The molecule has 0 aliphatic heterocycles. The number of nitro groups is 1. The zero-order chi connectivity index (χ0) is 19.5. The molecule has 0 aliphatic carbocycles. The van der Waals surface area contributed by atoms with Crippen molar-refractivity contribution in [2.75, 3.05) is 18.4 Å². The third-order valence-electron chi connectivity index (χ3n) is 3.76. The molecule has 0 unspecified atom stereocenters. The molecule has 0 radical (unpaired) electrons. The Morgan fingerprint density at radius 2 is 1.88 bits per heavy atom. The maximum Gasteiger partial charge on any atom is 0.433 e. The number of benzene rings is 1. The molecule has 1 aromatic carbocycles. The van der Waals surface area contributed by atoms with E-state index in [-0.39, 0.29) is 16.3 Å². The van der Waals surface area contributed by atoms with E-state index in [2.05, 4.69) is 5.32 Å². The van der Waals surface area contributed by atoms with E-state index in [4.69, 9.17) is 4.42 Å². The number of hydrogen-bond donors (Lipinski definition) is 1. The van der Waals surface area contributed by atoms with Crippen LogP contribution in [0.25, 0.3) is 0 Å². The summed E-state index contributed by atoms with van der Waals surface area (Å²) in [7, 11) is -3.69. The third kappa shape index (κ3) is 3.92. The van der Waals surface area contributed by atoms with Gasteiger partial charge in [0.15, 0.2) is 5.76 Å². The second-order valence-electron chi connectivity index (χ2n) is 5.42. The Morgan fingerprint density at radius 3 is 2.42 bits per heavy atom. The standard InChI is InChI=1S/C16H19N3O6S/c1-4-18(5-2)26(23,24)14-10-12(7-6-11(14)3)17-16(20)13-8-9-15(25-13)19(21)22/h6-10H,4-5H2,1-3H3,(H,17,20). The predicted octanol–water partition coefficient (Wildman–Crippen LogP) is 2.78. The number of aryl methyl sites for hydroxylation is 1. The van der Waals surface area contributed by atoms with Gasteiger partial charge in [-0.05, 0) is 30.7 Å². The lowest BCUT2D eigenvalue weighted by atomic mass is 10.2. The quantitative estimate of drug-likeness (QED) is 0.581. The highest BCUT2D eigenvalue weighted by Gasteiger charge is 2.24. The van der Waals surface area contributed by atoms with Crippen LogP contribution >= 0.6 is 0 Å². The van der Waals surface area contributed by atoms with Crippen LogP contribution in [-0.2, 0) is 10.0 Å². The van der Waals surface area contributed by atoms with Crippen LogP contribution in [0.1, 0.15) is 30.0 Å². The molecule has 10 heteroatoms. The first kappa shape index (κ1) is 19.6. The van der Waals surface area contributed by atoms with E-state index in [0.29, 0.717) is 18.7 Å². The molecule has 1 heterocycles. The fourth-order valence-corrected chi connectivity index (χ4v) is 4.11. The average molecular weight is 381 g/mol. The Kier molecular flexibility index (Phi) is 5.78. The van der Waals surface area contributed by atoms with Crippen molar-refractivity contribution in [1.29, 1.82) is 0 Å². The molecule has 0 saturated heterocycles. The highest BCUT2D eigenvalue weighted by Crippen LogP contribution is 2.24. The molecule has 0 aliphatic rings. The number of nitrogens with zero attached hydrogens (tertiary/aromatic N) is 2. The van der Waals surface area contributed by atoms with Crippen LogP contribution in [0.5, 0.6) is 0 Å². The molecule has 9 nitrogen and oxygen atoms in total. The summed E-state index contributed by atoms with van der Waals surface area (Å²) in [6.45, 7) is 5.80. The lowest BCUT2D eigenvalue weighted by Crippen LogP contribution is -2.31. The third-order valence-corrected chi connectivity index (χ3v) is 5.96. The molecule has 0 spiro atoms. The van der Waals surface area contributed by atoms with Gasteiger partial charge < -0.3 is 9.73 Å². The van der Waals surface area contributed by atoms with E-state index >= 15 is 0 Å². The fourth-order valence-electron chi connectivity index (χ4n) is 2.40. The van der Waals surface area contributed by atoms with Crippen molar-refractivity contribution in [2.24, 2.45) is 0 Å². The number of carbonyl (C=O) groups excluding carboxylic acids is 1. The van der Waals surface area contributed by atoms with Crippen molar-refractivity contribution in [3.05, 3.63) is 51.8 Å². The highest BCUT2D eigenvalue weighted by atomic mass is 32.2. The molecule has 2 rings (SSSR count). The normalized spacial score (nSPS) is 11.5. The first-order valence-corrected chi connectivity index (χ1v) is 9.31. The van der Waals surface area contributed by atoms with Gasteiger partial charge in [-0.15, -0.1) is 0 Å². The summed E-state index contributed by atoms with van der Waals surface area (Å²) in [6.07, 6.45) is 0. The second-order valence-corrected chi connectivity index (χ2v) is 7.33. The number of amides is 1. The van der Waals surface area contributed by atoms with Crippen LogP contribution in [0, 0.1) is 17.0 Å². The number of anilines is 1. The molecular formula is C16H19N3O6S. The summed E-state index contributed by atoms with van der Waals surface area (Å²) < 4.78 is 31.6. The molecule has 140 valence electrons. The molecule has 0 bridgehead atoms. The zero-order valence-electron chi connectivity index (χ0n) is 14.6. The van der Waals surface area contributed by atoms with Crippen molar-refractivity contribution < 1.29 is 22.6 Å². The van der Waals surface area contributed by atoms with Gasteiger partial charge in [-0.2, -0.15) is 4.31 Å². The molecule has 0 atom stereocenters. The van der Waals surface area contributed by atoms with Crippen LogP contribution < -0.4 is 5.32 Å². The topological polar surface area (TPSA) is 123 Å². The molecule has 0 fully saturated rings. The van der Waals surface area contributed by atoms with Crippen molar-refractivity contribution in [3.63, 3.8) is 0 Å². The first-order valence-electron chi connectivity index (χ1n) is 7.87. The molecule has 2 aromatic rings. The van der Waals surface area contributed by atoms with E-state index < -0.39 is 26.7 Å². The van der Waals surface area contributed by atoms with E-state index in [0.717, 1.165) is 6.07 Å². The summed E-state index contributed by atoms with van der Waals surface area (Å²) in [4.78, 5) is 22.1. The van der Waals surface area contributed by atoms with E-state index in [1.165, 1.54) is 16.4 Å². The van der Waals surface area contributed by atoms with Crippen molar-refractivity contribution in [1.82, 2.24) is 4.31 Å². The van der Waals surface area contributed by atoms with Gasteiger partial charge in [-0.3, -0.25) is 14.9 Å². The maximum atomic E-state index is 12.7. The molecule has 1 aromatic heterocycles. The minimum atomic E-state index is -3.69. The number of furan rings is 1. The fraction of sp³-hybridized carbons (Fsp3) is 0.312. The average Bonchev–Trinajstić information content (AvgIpc) is 3.07. The second kappa shape index (κ2) is 7.67. The Hall–Kier alpha value is -2.72. The first-order chi connectivity index (χ1) is 12.2. The smallest absolute Gasteiger partial charge is 0.395 e. The van der Waals surface area contributed by atoms with Crippen LogP contribution in [0.3, 0.4) is 0 Å². The zero-order valence-corrected chi connectivity index (χ0v) is 15.4. The number of rotatable bonds is 7. The molecule has 26 heavy (non-hydrogen) atoms. The Labute approximate surface area is 150 Å². The monoisotopic (exact) mass is 381 g/mol. The van der Waals surface area contributed by atoms with Crippen molar-refractivity contribution in [2.45, 2.75) is 25.7 Å². The van der Waals surface area contributed by atoms with E-state index in [1.54, 1.807) is 32.9 Å². The number of hydrogen-bond acceptors (Lipinski definition) is 6. The van der Waals surface area contributed by atoms with Gasteiger partial charge in [-0.25, -0.2) is 8.42 Å². The summed E-state index contributed by atoms with van der Waals surface area (Å²) >= 11 is 0. The lowest BCUT2D eigenvalue weighted by molar-refractivity contribution is -0.402. The van der Waals surface area contributed by atoms with Gasteiger partial charge in [0.25, 0.3) is 5.91 Å². The van der Waals surface area contributed by atoms with Gasteiger partial charge in [0.2, 0.25) is 10.0 Å². The van der Waals surface area contributed by atoms with Gasteiger partial charge >= 0.3 is 5.88 Å². The van der Waals surface area contributed by atoms with Gasteiger partial charge in [0.05, 0.1) is 11.0 Å². The number of sulfonamides is 1. The van der Waals surface area contributed by atoms with E-state index in [1.807, 2.05) is 0 Å². The highest BCUT2D eigenvalue weighted by molar-refractivity contribution is 7.89. The van der Waals surface area contributed by atoms with Crippen LogP contribution in [-0.4, -0.2) is 36.6 Å². The van der Waals surface area contributed by atoms with Crippen LogP contribution in [0.4, 0.5) is 11.6 Å². The molecule has 0 saturated carbocycles. The summed E-state index contributed by atoms with van der Waals surface area (Å²) in [5.74, 6) is -1.51. The summed E-state index contributed by atoms with van der Waals surface area (Å²) in [6, 6.07) is 6.73. The van der Waals surface area contributed by atoms with E-state index in [9.17, 15) is 23.3 Å². The predicted molar refractivity (Wildman–Crippen MR) is 94.6 cm³/mol. The Bertz CT molecular complexity index is 931. The minimum Gasteiger partial charge on any atom is -0.395 e. The Balaban J connectivity index is 2.31.